The van der Waals surface area contributed by atoms with Crippen LogP contribution in [0.3, 0.4) is 0 Å². The maximum atomic E-state index is 13.0. The number of rotatable bonds is 4. The van der Waals surface area contributed by atoms with Crippen molar-refractivity contribution < 1.29 is 18.7 Å². The van der Waals surface area contributed by atoms with Crippen LogP contribution in [0.15, 0.2) is 24.3 Å². The molecule has 6 heteroatoms. The van der Waals surface area contributed by atoms with Crippen LogP contribution in [0.5, 0.6) is 0 Å². The number of hydrogen-bond acceptors (Lipinski definition) is 3. The highest BCUT2D eigenvalue weighted by Gasteiger charge is 2.31. The molecule has 114 valence electrons. The quantitative estimate of drug-likeness (QED) is 0.907. The molecule has 21 heavy (non-hydrogen) atoms. The number of nitrogens with one attached hydrogen (secondary N) is 1. The Bertz CT molecular complexity index is 533. The molecule has 1 aromatic rings. The van der Waals surface area contributed by atoms with E-state index in [2.05, 4.69) is 5.32 Å². The highest BCUT2D eigenvalue weighted by Crippen LogP contribution is 2.20. The second kappa shape index (κ2) is 6.67. The van der Waals surface area contributed by atoms with Gasteiger partial charge in [-0.3, -0.25) is 9.59 Å². The van der Waals surface area contributed by atoms with E-state index < -0.39 is 11.9 Å². The van der Waals surface area contributed by atoms with Crippen LogP contribution in [0, 0.1) is 5.82 Å². The van der Waals surface area contributed by atoms with Crippen molar-refractivity contribution in [3.63, 3.8) is 0 Å². The molecule has 1 heterocycles. The van der Waals surface area contributed by atoms with Gasteiger partial charge in [-0.1, -0.05) is 6.07 Å². The summed E-state index contributed by atoms with van der Waals surface area (Å²) in [6.45, 7) is 0.312. The van der Waals surface area contributed by atoms with Gasteiger partial charge in [0.25, 0.3) is 11.8 Å². The molecule has 1 aliphatic rings. The van der Waals surface area contributed by atoms with Crippen LogP contribution < -0.4 is 5.32 Å². The molecule has 0 radical (unpaired) electrons. The van der Waals surface area contributed by atoms with Crippen LogP contribution in [0.2, 0.25) is 0 Å². The first-order valence-electron chi connectivity index (χ1n) is 6.88. The number of halogens is 1. The molecular weight excluding hydrogens is 275 g/mol. The predicted octanol–water partition coefficient (Wildman–Crippen LogP) is 1.19. The third-order valence-corrected chi connectivity index (χ3v) is 3.40. The minimum Gasteiger partial charge on any atom is -0.363 e. The van der Waals surface area contributed by atoms with Gasteiger partial charge in [0.2, 0.25) is 0 Å². The summed E-state index contributed by atoms with van der Waals surface area (Å²) in [5.41, 5.74) is 0.272. The normalized spacial score (nSPS) is 21.1. The van der Waals surface area contributed by atoms with Gasteiger partial charge in [0.15, 0.2) is 0 Å². The Hall–Kier alpha value is -1.95. The minimum atomic E-state index is -0.448. The molecule has 1 fully saturated rings. The lowest BCUT2D eigenvalue weighted by Crippen LogP contribution is -2.36. The van der Waals surface area contributed by atoms with Crippen molar-refractivity contribution in [2.24, 2.45) is 0 Å². The Morgan fingerprint density at radius 2 is 2.14 bits per heavy atom. The van der Waals surface area contributed by atoms with Crippen molar-refractivity contribution in [3.8, 4) is 0 Å². The number of carbonyl (C=O) groups excluding carboxylic acids is 2. The number of nitrogens with zero attached hydrogens (tertiary/aromatic N) is 1. The number of hydrogen-bond donors (Lipinski definition) is 1. The summed E-state index contributed by atoms with van der Waals surface area (Å²) >= 11 is 0. The molecule has 1 N–H and O–H groups in total. The van der Waals surface area contributed by atoms with Gasteiger partial charge < -0.3 is 15.0 Å². The molecule has 2 amide bonds. The topological polar surface area (TPSA) is 58.6 Å². The summed E-state index contributed by atoms with van der Waals surface area (Å²) in [6.07, 6.45) is 0.748. The van der Waals surface area contributed by atoms with Crippen molar-refractivity contribution in [2.75, 3.05) is 20.6 Å². The van der Waals surface area contributed by atoms with E-state index >= 15 is 0 Å². The predicted molar refractivity (Wildman–Crippen MR) is 75.3 cm³/mol. The van der Waals surface area contributed by atoms with E-state index in [9.17, 15) is 14.0 Å². The van der Waals surface area contributed by atoms with Crippen LogP contribution in [-0.2, 0) is 9.53 Å². The number of amides is 2. The molecule has 2 unspecified atom stereocenters. The van der Waals surface area contributed by atoms with E-state index in [1.807, 2.05) is 0 Å². The zero-order valence-corrected chi connectivity index (χ0v) is 12.1. The van der Waals surface area contributed by atoms with Crippen molar-refractivity contribution in [1.29, 1.82) is 0 Å². The van der Waals surface area contributed by atoms with E-state index in [-0.39, 0.29) is 23.5 Å². The van der Waals surface area contributed by atoms with Gasteiger partial charge in [0.1, 0.15) is 11.9 Å². The Kier molecular flexibility index (Phi) is 4.90. The zero-order valence-electron chi connectivity index (χ0n) is 12.1. The zero-order chi connectivity index (χ0) is 15.4. The summed E-state index contributed by atoms with van der Waals surface area (Å²) in [7, 11) is 3.37. The van der Waals surface area contributed by atoms with E-state index in [1.54, 1.807) is 20.2 Å². The fourth-order valence-electron chi connectivity index (χ4n) is 2.26. The number of ether oxygens (including phenoxy) is 1. The van der Waals surface area contributed by atoms with Crippen LogP contribution in [0.1, 0.15) is 23.2 Å². The van der Waals surface area contributed by atoms with Gasteiger partial charge >= 0.3 is 0 Å². The molecule has 1 saturated heterocycles. The molecule has 0 spiro atoms. The molecule has 1 aliphatic heterocycles. The monoisotopic (exact) mass is 294 g/mol. The highest BCUT2D eigenvalue weighted by atomic mass is 19.1. The van der Waals surface area contributed by atoms with Crippen molar-refractivity contribution in [2.45, 2.75) is 25.0 Å². The van der Waals surface area contributed by atoms with Gasteiger partial charge in [0, 0.05) is 26.2 Å². The number of carbonyl (C=O) groups is 2. The average Bonchev–Trinajstić information content (AvgIpc) is 2.92. The van der Waals surface area contributed by atoms with Crippen LogP contribution in [-0.4, -0.2) is 49.6 Å². The third kappa shape index (κ3) is 4.01. The Balaban J connectivity index is 1.82. The lowest BCUT2D eigenvalue weighted by Gasteiger charge is -2.17. The fourth-order valence-corrected chi connectivity index (χ4v) is 2.26. The first kappa shape index (κ1) is 15.4. The second-order valence-electron chi connectivity index (χ2n) is 5.28. The SMILES string of the molecule is CN(C)C(=O)C1CCC(CNC(=O)c2cccc(F)c2)O1. The Morgan fingerprint density at radius 3 is 2.81 bits per heavy atom. The second-order valence-corrected chi connectivity index (χ2v) is 5.28. The summed E-state index contributed by atoms with van der Waals surface area (Å²) in [4.78, 5) is 25.1. The molecule has 1 aromatic carbocycles. The Morgan fingerprint density at radius 1 is 1.38 bits per heavy atom. The molecule has 0 aliphatic carbocycles. The van der Waals surface area contributed by atoms with Crippen molar-refractivity contribution >= 4 is 11.8 Å². The average molecular weight is 294 g/mol. The first-order chi connectivity index (χ1) is 9.97. The molecule has 0 saturated carbocycles. The fraction of sp³-hybridized carbons (Fsp3) is 0.467. The van der Waals surface area contributed by atoms with Gasteiger partial charge in [-0.2, -0.15) is 0 Å². The van der Waals surface area contributed by atoms with Crippen molar-refractivity contribution in [3.05, 3.63) is 35.6 Å². The highest BCUT2D eigenvalue weighted by molar-refractivity contribution is 5.94. The number of likely N-dealkylation sites (N-methyl/N-ethyl adjacent to an activating group) is 1. The van der Waals surface area contributed by atoms with Crippen LogP contribution in [0.25, 0.3) is 0 Å². The van der Waals surface area contributed by atoms with E-state index in [0.29, 0.717) is 19.4 Å². The van der Waals surface area contributed by atoms with E-state index in [0.717, 1.165) is 0 Å². The van der Waals surface area contributed by atoms with Gasteiger partial charge in [-0.05, 0) is 31.0 Å². The van der Waals surface area contributed by atoms with E-state index in [1.165, 1.54) is 23.1 Å². The smallest absolute Gasteiger partial charge is 0.251 e. The lowest BCUT2D eigenvalue weighted by atomic mass is 10.1. The summed E-state index contributed by atoms with van der Waals surface area (Å²) in [5.74, 6) is -0.856. The maximum Gasteiger partial charge on any atom is 0.251 e. The third-order valence-electron chi connectivity index (χ3n) is 3.40. The summed E-state index contributed by atoms with van der Waals surface area (Å²) in [6, 6.07) is 5.51. The standard InChI is InChI=1S/C15H19FN2O3/c1-18(2)15(20)13-7-6-12(21-13)9-17-14(19)10-4-3-5-11(16)8-10/h3-5,8,12-13H,6-7,9H2,1-2H3,(H,17,19). The molecule has 0 bridgehead atoms. The van der Waals surface area contributed by atoms with Gasteiger partial charge in [-0.15, -0.1) is 0 Å². The van der Waals surface area contributed by atoms with Crippen LogP contribution >= 0.6 is 0 Å². The molecule has 0 aromatic heterocycles. The Labute approximate surface area is 123 Å². The molecular formula is C15H19FN2O3. The van der Waals surface area contributed by atoms with Crippen LogP contribution in [0.4, 0.5) is 4.39 Å². The summed E-state index contributed by atoms with van der Waals surface area (Å²) in [5, 5.41) is 2.70. The maximum absolute atomic E-state index is 13.0. The number of benzene rings is 1. The first-order valence-corrected chi connectivity index (χ1v) is 6.88. The lowest BCUT2D eigenvalue weighted by molar-refractivity contribution is -0.140. The van der Waals surface area contributed by atoms with Gasteiger partial charge in [0.05, 0.1) is 6.10 Å². The van der Waals surface area contributed by atoms with E-state index in [4.69, 9.17) is 4.74 Å². The largest absolute Gasteiger partial charge is 0.363 e. The summed E-state index contributed by atoms with van der Waals surface area (Å²) < 4.78 is 18.7. The molecule has 5 nitrogen and oxygen atoms in total. The molecule has 2 atom stereocenters. The van der Waals surface area contributed by atoms with Crippen molar-refractivity contribution in [1.82, 2.24) is 10.2 Å². The molecule has 2 rings (SSSR count). The van der Waals surface area contributed by atoms with Gasteiger partial charge in [-0.25, -0.2) is 4.39 Å². The minimum absolute atomic E-state index is 0.0612.